The highest BCUT2D eigenvalue weighted by molar-refractivity contribution is 5.74. The Balaban J connectivity index is 1.27. The molecule has 0 atom stereocenters. The summed E-state index contributed by atoms with van der Waals surface area (Å²) in [4.78, 5) is 42.9. The van der Waals surface area contributed by atoms with Gasteiger partial charge in [0.15, 0.2) is 5.65 Å². The average molecular weight is 418 g/mol. The number of aromatic nitrogens is 7. The Morgan fingerprint density at radius 1 is 1.16 bits per heavy atom. The summed E-state index contributed by atoms with van der Waals surface area (Å²) in [6.07, 6.45) is 8.31. The highest BCUT2D eigenvalue weighted by Gasteiger charge is 2.22. The third kappa shape index (κ3) is 3.72. The first-order valence-corrected chi connectivity index (χ1v) is 10.2. The molecule has 0 radical (unpaired) electrons. The van der Waals surface area contributed by atoms with Crippen LogP contribution in [0.25, 0.3) is 22.3 Å². The number of rotatable bonds is 4. The van der Waals surface area contributed by atoms with Gasteiger partial charge in [-0.15, -0.1) is 0 Å². The minimum atomic E-state index is -0.179. The van der Waals surface area contributed by atoms with E-state index < -0.39 is 0 Å². The van der Waals surface area contributed by atoms with E-state index in [-0.39, 0.29) is 11.1 Å². The van der Waals surface area contributed by atoms with E-state index in [1.165, 1.54) is 6.20 Å². The standard InChI is InChI=1S/C21H22N8O2/c1-27-19-16(11-24-27)20(31)26-21(25-19)28-8-4-14(5-9-28)12-29-13-23-17(10-18(29)30)15-2-6-22-7-3-15/h2-3,6-7,10-11,13-14H,4-5,8-9,12H2,1H3,(H,25,26,31). The van der Waals surface area contributed by atoms with Gasteiger partial charge in [0, 0.05) is 50.7 Å². The van der Waals surface area contributed by atoms with Gasteiger partial charge in [-0.3, -0.25) is 28.8 Å². The van der Waals surface area contributed by atoms with Gasteiger partial charge in [-0.2, -0.15) is 10.1 Å². The summed E-state index contributed by atoms with van der Waals surface area (Å²) in [7, 11) is 1.77. The molecule has 0 amide bonds. The Morgan fingerprint density at radius 3 is 2.68 bits per heavy atom. The van der Waals surface area contributed by atoms with E-state index in [9.17, 15) is 9.59 Å². The quantitative estimate of drug-likeness (QED) is 0.529. The molecule has 1 fully saturated rings. The van der Waals surface area contributed by atoms with Crippen molar-refractivity contribution in [1.82, 2.24) is 34.3 Å². The van der Waals surface area contributed by atoms with Crippen molar-refractivity contribution in [1.29, 1.82) is 0 Å². The Bertz CT molecular complexity index is 1330. The molecule has 10 nitrogen and oxygen atoms in total. The van der Waals surface area contributed by atoms with Crippen LogP contribution in [0.2, 0.25) is 0 Å². The van der Waals surface area contributed by atoms with Gasteiger partial charge in [0.05, 0.1) is 18.2 Å². The Morgan fingerprint density at radius 2 is 1.94 bits per heavy atom. The van der Waals surface area contributed by atoms with Gasteiger partial charge in [-0.1, -0.05) is 0 Å². The predicted molar refractivity (Wildman–Crippen MR) is 116 cm³/mol. The zero-order valence-electron chi connectivity index (χ0n) is 17.1. The molecule has 1 saturated heterocycles. The molecule has 1 aliphatic rings. The lowest BCUT2D eigenvalue weighted by Gasteiger charge is -2.32. The first-order valence-electron chi connectivity index (χ1n) is 10.2. The summed E-state index contributed by atoms with van der Waals surface area (Å²) < 4.78 is 3.28. The molecule has 5 rings (SSSR count). The van der Waals surface area contributed by atoms with Gasteiger partial charge >= 0.3 is 0 Å². The molecule has 0 aromatic carbocycles. The predicted octanol–water partition coefficient (Wildman–Crippen LogP) is 1.19. The lowest BCUT2D eigenvalue weighted by molar-refractivity contribution is 0.349. The van der Waals surface area contributed by atoms with Crippen LogP contribution < -0.4 is 16.0 Å². The van der Waals surface area contributed by atoms with Crippen molar-refractivity contribution in [3.63, 3.8) is 0 Å². The molecular formula is C21H22N8O2. The van der Waals surface area contributed by atoms with E-state index in [1.54, 1.807) is 41.1 Å². The van der Waals surface area contributed by atoms with Crippen LogP contribution in [0.4, 0.5) is 5.95 Å². The summed E-state index contributed by atoms with van der Waals surface area (Å²) in [5.74, 6) is 0.926. The molecule has 0 aliphatic carbocycles. The zero-order chi connectivity index (χ0) is 21.4. The van der Waals surface area contributed by atoms with Crippen LogP contribution in [0.1, 0.15) is 12.8 Å². The van der Waals surface area contributed by atoms with Crippen LogP contribution in [0, 0.1) is 5.92 Å². The summed E-state index contributed by atoms with van der Waals surface area (Å²) in [5, 5.41) is 4.60. The number of hydrogen-bond donors (Lipinski definition) is 1. The zero-order valence-corrected chi connectivity index (χ0v) is 17.1. The van der Waals surface area contributed by atoms with E-state index in [2.05, 4.69) is 29.9 Å². The second-order valence-electron chi connectivity index (χ2n) is 7.83. The number of anilines is 1. The number of H-pyrrole nitrogens is 1. The number of nitrogens with zero attached hydrogens (tertiary/aromatic N) is 7. The van der Waals surface area contributed by atoms with Gasteiger partial charge in [0.2, 0.25) is 5.95 Å². The topological polar surface area (TPSA) is 115 Å². The number of aryl methyl sites for hydroxylation is 1. The molecule has 0 spiro atoms. The van der Waals surface area contributed by atoms with Crippen molar-refractivity contribution in [2.45, 2.75) is 19.4 Å². The van der Waals surface area contributed by atoms with Crippen molar-refractivity contribution in [2.24, 2.45) is 13.0 Å². The fourth-order valence-corrected chi connectivity index (χ4v) is 4.02. The van der Waals surface area contributed by atoms with Crippen LogP contribution in [-0.2, 0) is 13.6 Å². The van der Waals surface area contributed by atoms with Gasteiger partial charge < -0.3 is 4.90 Å². The summed E-state index contributed by atoms with van der Waals surface area (Å²) in [5.41, 5.74) is 1.87. The highest BCUT2D eigenvalue weighted by Crippen LogP contribution is 2.22. The van der Waals surface area contributed by atoms with Crippen molar-refractivity contribution in [3.05, 3.63) is 63.8 Å². The lowest BCUT2D eigenvalue weighted by atomic mass is 9.97. The normalized spacial score (nSPS) is 14.9. The minimum Gasteiger partial charge on any atom is -0.342 e. The molecule has 158 valence electrons. The van der Waals surface area contributed by atoms with Crippen molar-refractivity contribution < 1.29 is 0 Å². The second-order valence-corrected chi connectivity index (χ2v) is 7.83. The van der Waals surface area contributed by atoms with Crippen LogP contribution in [0.15, 0.2) is 52.7 Å². The highest BCUT2D eigenvalue weighted by atomic mass is 16.1. The SMILES string of the molecule is Cn1ncc2c(=O)[nH]c(N3CCC(Cn4cnc(-c5ccncc5)cc4=O)CC3)nc21. The second kappa shape index (κ2) is 7.78. The minimum absolute atomic E-state index is 0.0584. The third-order valence-corrected chi connectivity index (χ3v) is 5.81. The fraction of sp³-hybridized carbons (Fsp3) is 0.333. The monoisotopic (exact) mass is 418 g/mol. The molecule has 0 saturated carbocycles. The maximum absolute atomic E-state index is 12.6. The molecule has 31 heavy (non-hydrogen) atoms. The maximum atomic E-state index is 12.6. The first-order chi connectivity index (χ1) is 15.1. The molecule has 0 unspecified atom stereocenters. The van der Waals surface area contributed by atoms with Crippen molar-refractivity contribution in [2.75, 3.05) is 18.0 Å². The van der Waals surface area contributed by atoms with Crippen LogP contribution in [0.3, 0.4) is 0 Å². The smallest absolute Gasteiger partial charge is 0.263 e. The maximum Gasteiger partial charge on any atom is 0.263 e. The van der Waals surface area contributed by atoms with Gasteiger partial charge in [-0.25, -0.2) is 4.98 Å². The van der Waals surface area contributed by atoms with E-state index in [0.717, 1.165) is 31.5 Å². The number of piperidine rings is 1. The van der Waals surface area contributed by atoms with E-state index >= 15 is 0 Å². The average Bonchev–Trinajstić information content (AvgIpc) is 3.17. The van der Waals surface area contributed by atoms with Crippen LogP contribution in [-0.4, -0.2) is 47.4 Å². The van der Waals surface area contributed by atoms with Crippen molar-refractivity contribution in [3.8, 4) is 11.3 Å². The number of aromatic amines is 1. The van der Waals surface area contributed by atoms with Crippen LogP contribution >= 0.6 is 0 Å². The molecule has 10 heteroatoms. The number of pyridine rings is 1. The largest absolute Gasteiger partial charge is 0.342 e. The van der Waals surface area contributed by atoms with E-state index in [1.807, 2.05) is 12.1 Å². The summed E-state index contributed by atoms with van der Waals surface area (Å²) >= 11 is 0. The van der Waals surface area contributed by atoms with Gasteiger partial charge in [-0.05, 0) is 30.9 Å². The number of fused-ring (bicyclic) bond motifs is 1. The lowest BCUT2D eigenvalue weighted by Crippen LogP contribution is -2.38. The summed E-state index contributed by atoms with van der Waals surface area (Å²) in [6.45, 7) is 2.14. The number of hydrogen-bond acceptors (Lipinski definition) is 7. The molecule has 5 heterocycles. The van der Waals surface area contributed by atoms with E-state index in [4.69, 9.17) is 0 Å². The Labute approximate surface area is 177 Å². The molecule has 0 bridgehead atoms. The molecular weight excluding hydrogens is 396 g/mol. The van der Waals surface area contributed by atoms with Crippen LogP contribution in [0.5, 0.6) is 0 Å². The fourth-order valence-electron chi connectivity index (χ4n) is 4.02. The Hall–Kier alpha value is -3.82. The summed E-state index contributed by atoms with van der Waals surface area (Å²) in [6, 6.07) is 5.24. The molecule has 4 aromatic rings. The van der Waals surface area contributed by atoms with Gasteiger partial charge in [0.1, 0.15) is 5.39 Å². The first kappa shape index (κ1) is 19.2. The number of nitrogens with one attached hydrogen (secondary N) is 1. The molecule has 1 aliphatic heterocycles. The molecule has 1 N–H and O–H groups in total. The van der Waals surface area contributed by atoms with Crippen molar-refractivity contribution >= 4 is 17.0 Å². The molecule has 4 aromatic heterocycles. The third-order valence-electron chi connectivity index (χ3n) is 5.81. The Kier molecular flexibility index (Phi) is 4.81. The van der Waals surface area contributed by atoms with Gasteiger partial charge in [0.25, 0.3) is 11.1 Å². The van der Waals surface area contributed by atoms with E-state index in [0.29, 0.717) is 35.1 Å².